The molecule has 20 heavy (non-hydrogen) atoms. The molecule has 0 spiro atoms. The Morgan fingerprint density at radius 3 is 2.60 bits per heavy atom. The largest absolute Gasteiger partial charge is 0.478 e. The number of carboxylic acids is 1. The summed E-state index contributed by atoms with van der Waals surface area (Å²) in [7, 11) is 0. The number of hydrogen-bond acceptors (Lipinski definition) is 3. The molecular weight excluding hydrogens is 256 g/mol. The van der Waals surface area contributed by atoms with E-state index in [2.05, 4.69) is 0 Å². The van der Waals surface area contributed by atoms with Crippen LogP contribution >= 0.6 is 0 Å². The Morgan fingerprint density at radius 1 is 1.50 bits per heavy atom. The lowest BCUT2D eigenvalue weighted by Crippen LogP contribution is -2.49. The minimum atomic E-state index is -1.23. The van der Waals surface area contributed by atoms with Gasteiger partial charge in [-0.3, -0.25) is 4.79 Å². The minimum absolute atomic E-state index is 0.0164. The standard InChI is InChI=1S/C16H22O4/c1-5-15(4)10-13(17)9-12(3)16(15,20)7-6-11(2)8-14(18)19/h6-9,20H,5,10H2,1-4H3,(H,18,19)/b7-6+,11-8-/t15-,16+/m1/s1. The van der Waals surface area contributed by atoms with Crippen molar-refractivity contribution in [2.75, 3.05) is 0 Å². The van der Waals surface area contributed by atoms with Gasteiger partial charge in [0.1, 0.15) is 5.60 Å². The molecule has 4 heteroatoms. The molecule has 0 aliphatic heterocycles. The first-order valence-corrected chi connectivity index (χ1v) is 6.69. The molecule has 1 rings (SSSR count). The quantitative estimate of drug-likeness (QED) is 0.612. The van der Waals surface area contributed by atoms with Crippen LogP contribution in [-0.4, -0.2) is 27.6 Å². The molecule has 0 unspecified atom stereocenters. The number of carbonyl (C=O) groups is 2. The number of aliphatic hydroxyl groups is 1. The van der Waals surface area contributed by atoms with Gasteiger partial charge in [-0.1, -0.05) is 19.9 Å². The highest BCUT2D eigenvalue weighted by Crippen LogP contribution is 2.46. The normalized spacial score (nSPS) is 31.6. The summed E-state index contributed by atoms with van der Waals surface area (Å²) < 4.78 is 0. The molecule has 0 fully saturated rings. The summed E-state index contributed by atoms with van der Waals surface area (Å²) in [5.41, 5.74) is -0.682. The maximum atomic E-state index is 11.7. The van der Waals surface area contributed by atoms with E-state index in [9.17, 15) is 14.7 Å². The Kier molecular flexibility index (Phi) is 4.71. The van der Waals surface area contributed by atoms with Crippen LogP contribution in [0.1, 0.15) is 40.5 Å². The zero-order valence-electron chi connectivity index (χ0n) is 12.4. The van der Waals surface area contributed by atoms with Crippen LogP contribution in [0.3, 0.4) is 0 Å². The van der Waals surface area contributed by atoms with Gasteiger partial charge < -0.3 is 10.2 Å². The van der Waals surface area contributed by atoms with E-state index in [1.54, 1.807) is 26.0 Å². The topological polar surface area (TPSA) is 74.6 Å². The summed E-state index contributed by atoms with van der Waals surface area (Å²) in [4.78, 5) is 22.3. The molecule has 0 saturated heterocycles. The van der Waals surface area contributed by atoms with Crippen molar-refractivity contribution in [1.82, 2.24) is 0 Å². The summed E-state index contributed by atoms with van der Waals surface area (Å²) >= 11 is 0. The van der Waals surface area contributed by atoms with E-state index in [1.807, 2.05) is 13.8 Å². The average molecular weight is 278 g/mol. The van der Waals surface area contributed by atoms with Crippen molar-refractivity contribution in [3.05, 3.63) is 35.5 Å². The van der Waals surface area contributed by atoms with Crippen molar-refractivity contribution in [1.29, 1.82) is 0 Å². The molecule has 4 nitrogen and oxygen atoms in total. The number of carbonyl (C=O) groups excluding carboxylic acids is 1. The van der Waals surface area contributed by atoms with Crippen LogP contribution in [0, 0.1) is 5.41 Å². The summed E-state index contributed by atoms with van der Waals surface area (Å²) in [6.45, 7) is 7.20. The highest BCUT2D eigenvalue weighted by atomic mass is 16.4. The lowest BCUT2D eigenvalue weighted by atomic mass is 9.62. The first-order valence-electron chi connectivity index (χ1n) is 6.69. The van der Waals surface area contributed by atoms with Crippen LogP contribution in [0.2, 0.25) is 0 Å². The van der Waals surface area contributed by atoms with E-state index in [-0.39, 0.29) is 12.2 Å². The second-order valence-electron chi connectivity index (χ2n) is 5.71. The molecule has 0 aromatic heterocycles. The summed E-state index contributed by atoms with van der Waals surface area (Å²) in [5, 5.41) is 19.7. The van der Waals surface area contributed by atoms with Gasteiger partial charge in [-0.2, -0.15) is 0 Å². The maximum absolute atomic E-state index is 11.7. The zero-order valence-corrected chi connectivity index (χ0v) is 12.4. The Morgan fingerprint density at radius 2 is 2.10 bits per heavy atom. The molecule has 1 aliphatic carbocycles. The smallest absolute Gasteiger partial charge is 0.328 e. The van der Waals surface area contributed by atoms with Crippen molar-refractivity contribution in [3.8, 4) is 0 Å². The molecular formula is C16H22O4. The highest BCUT2D eigenvalue weighted by Gasteiger charge is 2.48. The lowest BCUT2D eigenvalue weighted by Gasteiger charge is -2.46. The maximum Gasteiger partial charge on any atom is 0.328 e. The van der Waals surface area contributed by atoms with E-state index in [1.165, 1.54) is 6.08 Å². The summed E-state index contributed by atoms with van der Waals surface area (Å²) in [6, 6.07) is 0. The van der Waals surface area contributed by atoms with Gasteiger partial charge in [0.05, 0.1) is 0 Å². The van der Waals surface area contributed by atoms with Crippen molar-refractivity contribution < 1.29 is 19.8 Å². The number of ketones is 1. The van der Waals surface area contributed by atoms with Crippen molar-refractivity contribution in [3.63, 3.8) is 0 Å². The second kappa shape index (κ2) is 5.75. The van der Waals surface area contributed by atoms with E-state index < -0.39 is 17.0 Å². The Hall–Kier alpha value is -1.68. The average Bonchev–Trinajstić information content (AvgIpc) is 2.33. The monoisotopic (exact) mass is 278 g/mol. The third kappa shape index (κ3) is 3.07. The van der Waals surface area contributed by atoms with Gasteiger partial charge in [0.15, 0.2) is 5.78 Å². The third-order valence-electron chi connectivity index (χ3n) is 4.18. The molecule has 0 radical (unpaired) electrons. The van der Waals surface area contributed by atoms with Crippen LogP contribution in [0.15, 0.2) is 35.5 Å². The molecule has 0 amide bonds. The second-order valence-corrected chi connectivity index (χ2v) is 5.71. The fraction of sp³-hybridized carbons (Fsp3) is 0.500. The molecule has 0 bridgehead atoms. The fourth-order valence-electron chi connectivity index (χ4n) is 2.62. The van der Waals surface area contributed by atoms with Gasteiger partial charge >= 0.3 is 5.97 Å². The van der Waals surface area contributed by atoms with Crippen LogP contribution in [-0.2, 0) is 9.59 Å². The van der Waals surface area contributed by atoms with Gasteiger partial charge in [0, 0.05) is 17.9 Å². The lowest BCUT2D eigenvalue weighted by molar-refractivity contribution is -0.131. The highest BCUT2D eigenvalue weighted by molar-refractivity contribution is 5.92. The van der Waals surface area contributed by atoms with Crippen molar-refractivity contribution in [2.45, 2.75) is 46.1 Å². The van der Waals surface area contributed by atoms with E-state index in [0.717, 1.165) is 6.08 Å². The molecule has 110 valence electrons. The van der Waals surface area contributed by atoms with Crippen molar-refractivity contribution in [2.24, 2.45) is 5.41 Å². The Balaban J connectivity index is 3.22. The van der Waals surface area contributed by atoms with Crippen LogP contribution in [0.5, 0.6) is 0 Å². The number of aliphatic carboxylic acids is 1. The predicted molar refractivity (Wildman–Crippen MR) is 77.3 cm³/mol. The first-order chi connectivity index (χ1) is 9.14. The van der Waals surface area contributed by atoms with E-state index in [0.29, 0.717) is 17.6 Å². The van der Waals surface area contributed by atoms with Gasteiger partial charge in [-0.25, -0.2) is 4.79 Å². The van der Waals surface area contributed by atoms with Gasteiger partial charge in [0.2, 0.25) is 0 Å². The van der Waals surface area contributed by atoms with Crippen LogP contribution in [0.25, 0.3) is 0 Å². The molecule has 1 aliphatic rings. The van der Waals surface area contributed by atoms with E-state index in [4.69, 9.17) is 5.11 Å². The Bertz CT molecular complexity index is 513. The molecule has 0 heterocycles. The minimum Gasteiger partial charge on any atom is -0.478 e. The van der Waals surface area contributed by atoms with Crippen molar-refractivity contribution >= 4 is 11.8 Å². The molecule has 0 saturated carbocycles. The zero-order chi connectivity index (χ0) is 15.6. The van der Waals surface area contributed by atoms with Gasteiger partial charge in [0.25, 0.3) is 0 Å². The third-order valence-corrected chi connectivity index (χ3v) is 4.18. The van der Waals surface area contributed by atoms with Crippen LogP contribution in [0.4, 0.5) is 0 Å². The van der Waals surface area contributed by atoms with E-state index >= 15 is 0 Å². The Labute approximate surface area is 119 Å². The molecule has 0 aromatic carbocycles. The van der Waals surface area contributed by atoms with Crippen LogP contribution < -0.4 is 0 Å². The molecule has 2 N–H and O–H groups in total. The number of allylic oxidation sites excluding steroid dienone is 3. The summed E-state index contributed by atoms with van der Waals surface area (Å²) in [6.07, 6.45) is 6.67. The number of hydrogen-bond donors (Lipinski definition) is 2. The first kappa shape index (κ1) is 16.4. The predicted octanol–water partition coefficient (Wildman–Crippen LogP) is 2.64. The number of rotatable bonds is 4. The summed E-state index contributed by atoms with van der Waals surface area (Å²) in [5.74, 6) is -1.01. The van der Waals surface area contributed by atoms with Gasteiger partial charge in [-0.05, 0) is 43.6 Å². The fourth-order valence-corrected chi connectivity index (χ4v) is 2.62. The molecule has 0 aromatic rings. The SMILES string of the molecule is CC[C@]1(C)CC(=O)C=C(C)[C@@]1(O)/C=C/C(C)=C\C(=O)O. The molecule has 2 atom stereocenters. The van der Waals surface area contributed by atoms with Gasteiger partial charge in [-0.15, -0.1) is 0 Å². The number of carboxylic acid groups (broad SMARTS) is 1.